The maximum absolute atomic E-state index is 11.1. The normalized spacial score (nSPS) is 11.6. The third-order valence-electron chi connectivity index (χ3n) is 2.35. The molecule has 0 amide bonds. The topological polar surface area (TPSA) is 69.0 Å². The number of hydrogen-bond acceptors (Lipinski definition) is 5. The Morgan fingerprint density at radius 3 is 2.78 bits per heavy atom. The van der Waals surface area contributed by atoms with Crippen LogP contribution in [0.4, 0.5) is 0 Å². The Kier molecular flexibility index (Phi) is 5.27. The first-order valence-electron chi connectivity index (χ1n) is 6.21. The van der Waals surface area contributed by atoms with Crippen LogP contribution in [0.3, 0.4) is 0 Å². The Bertz CT molecular complexity index is 382. The summed E-state index contributed by atoms with van der Waals surface area (Å²) >= 11 is 0. The van der Waals surface area contributed by atoms with Gasteiger partial charge in [0.1, 0.15) is 0 Å². The van der Waals surface area contributed by atoms with Crippen LogP contribution in [0.25, 0.3) is 0 Å². The highest BCUT2D eigenvalue weighted by molar-refractivity contribution is 5.69. The molecule has 0 unspecified atom stereocenters. The molecule has 1 aromatic rings. The minimum atomic E-state index is -0.177. The van der Waals surface area contributed by atoms with Crippen molar-refractivity contribution in [2.45, 2.75) is 46.2 Å². The van der Waals surface area contributed by atoms with E-state index in [-0.39, 0.29) is 11.5 Å². The molecule has 1 aromatic heterocycles. The fraction of sp³-hybridized carbons (Fsp3) is 0.750. The summed E-state index contributed by atoms with van der Waals surface area (Å²) in [4.78, 5) is 11.1. The Hall–Kier alpha value is -1.43. The summed E-state index contributed by atoms with van der Waals surface area (Å²) in [6, 6.07) is 0. The van der Waals surface area contributed by atoms with Crippen LogP contribution in [0.1, 0.15) is 39.8 Å². The van der Waals surface area contributed by atoms with E-state index in [0.717, 1.165) is 5.69 Å². The summed E-state index contributed by atoms with van der Waals surface area (Å²) in [5, 5.41) is 11.3. The van der Waals surface area contributed by atoms with Gasteiger partial charge in [-0.05, 0) is 27.7 Å². The number of carbonyl (C=O) groups is 1. The summed E-state index contributed by atoms with van der Waals surface area (Å²) < 4.78 is 6.66. The first-order valence-corrected chi connectivity index (χ1v) is 6.21. The number of esters is 1. The van der Waals surface area contributed by atoms with Crippen molar-refractivity contribution in [3.8, 4) is 0 Å². The highest BCUT2D eigenvalue weighted by Crippen LogP contribution is 2.11. The van der Waals surface area contributed by atoms with E-state index in [0.29, 0.717) is 26.1 Å². The molecule has 18 heavy (non-hydrogen) atoms. The monoisotopic (exact) mass is 254 g/mol. The number of aromatic nitrogens is 3. The molecule has 0 saturated carbocycles. The first-order chi connectivity index (χ1) is 8.43. The van der Waals surface area contributed by atoms with Gasteiger partial charge < -0.3 is 10.1 Å². The lowest BCUT2D eigenvalue weighted by molar-refractivity contribution is -0.142. The molecule has 0 aliphatic rings. The molecule has 102 valence electrons. The van der Waals surface area contributed by atoms with E-state index in [1.165, 1.54) is 0 Å². The number of ether oxygens (including phenoxy) is 1. The Balaban J connectivity index is 2.28. The van der Waals surface area contributed by atoms with Crippen molar-refractivity contribution >= 4 is 5.97 Å². The molecule has 0 aromatic carbocycles. The molecule has 0 bridgehead atoms. The van der Waals surface area contributed by atoms with E-state index in [4.69, 9.17) is 4.74 Å². The zero-order valence-electron chi connectivity index (χ0n) is 11.6. The molecule has 0 spiro atoms. The van der Waals surface area contributed by atoms with Crippen molar-refractivity contribution in [2.75, 3.05) is 13.2 Å². The summed E-state index contributed by atoms with van der Waals surface area (Å²) in [5.74, 6) is -0.177. The number of carbonyl (C=O) groups excluding carboxylic acids is 1. The van der Waals surface area contributed by atoms with Gasteiger partial charge in [-0.3, -0.25) is 4.79 Å². The fourth-order valence-electron chi connectivity index (χ4n) is 1.35. The van der Waals surface area contributed by atoms with E-state index >= 15 is 0 Å². The van der Waals surface area contributed by atoms with Gasteiger partial charge in [-0.25, -0.2) is 4.68 Å². The Morgan fingerprint density at radius 2 is 2.22 bits per heavy atom. The van der Waals surface area contributed by atoms with Gasteiger partial charge in [0, 0.05) is 13.1 Å². The van der Waals surface area contributed by atoms with Crippen molar-refractivity contribution in [2.24, 2.45) is 0 Å². The predicted molar refractivity (Wildman–Crippen MR) is 68.0 cm³/mol. The smallest absolute Gasteiger partial charge is 0.307 e. The number of nitrogens with zero attached hydrogens (tertiary/aromatic N) is 3. The van der Waals surface area contributed by atoms with Crippen LogP contribution in [-0.4, -0.2) is 34.1 Å². The van der Waals surface area contributed by atoms with Crippen molar-refractivity contribution in [1.82, 2.24) is 20.3 Å². The van der Waals surface area contributed by atoms with Crippen molar-refractivity contribution < 1.29 is 9.53 Å². The second-order valence-corrected chi connectivity index (χ2v) is 5.06. The number of rotatable bonds is 6. The lowest BCUT2D eigenvalue weighted by atomic mass is 10.1. The van der Waals surface area contributed by atoms with Gasteiger partial charge in [-0.2, -0.15) is 0 Å². The van der Waals surface area contributed by atoms with Gasteiger partial charge in [-0.1, -0.05) is 5.21 Å². The van der Waals surface area contributed by atoms with Crippen molar-refractivity contribution in [3.05, 3.63) is 11.9 Å². The van der Waals surface area contributed by atoms with Gasteiger partial charge in [0.25, 0.3) is 0 Å². The standard InChI is InChI=1S/C12H22N4O2/c1-5-18-11(17)6-7-13-8-10-9-16(15-14-10)12(2,3)4/h9,13H,5-8H2,1-4H3. The minimum Gasteiger partial charge on any atom is -0.466 e. The quantitative estimate of drug-likeness (QED) is 0.607. The lowest BCUT2D eigenvalue weighted by Crippen LogP contribution is -2.22. The molecule has 6 nitrogen and oxygen atoms in total. The second-order valence-electron chi connectivity index (χ2n) is 5.06. The largest absolute Gasteiger partial charge is 0.466 e. The molecule has 1 heterocycles. The molecular formula is C12H22N4O2. The third kappa shape index (κ3) is 4.83. The fourth-order valence-corrected chi connectivity index (χ4v) is 1.35. The van der Waals surface area contributed by atoms with Crippen LogP contribution in [0.15, 0.2) is 6.20 Å². The zero-order chi connectivity index (χ0) is 13.6. The van der Waals surface area contributed by atoms with Gasteiger partial charge >= 0.3 is 5.97 Å². The summed E-state index contributed by atoms with van der Waals surface area (Å²) in [6.07, 6.45) is 2.29. The van der Waals surface area contributed by atoms with Crippen molar-refractivity contribution in [1.29, 1.82) is 0 Å². The molecule has 0 atom stereocenters. The van der Waals surface area contributed by atoms with Gasteiger partial charge in [0.05, 0.1) is 30.5 Å². The van der Waals surface area contributed by atoms with Gasteiger partial charge in [0.2, 0.25) is 0 Å². The maximum atomic E-state index is 11.1. The average Bonchev–Trinajstić information content (AvgIpc) is 2.73. The summed E-state index contributed by atoms with van der Waals surface area (Å²) in [6.45, 7) is 9.63. The van der Waals surface area contributed by atoms with Crippen LogP contribution in [-0.2, 0) is 21.6 Å². The molecule has 0 saturated heterocycles. The molecule has 0 aliphatic heterocycles. The molecule has 0 aliphatic carbocycles. The molecule has 1 N–H and O–H groups in total. The summed E-state index contributed by atoms with van der Waals surface area (Å²) in [5.41, 5.74) is 0.810. The first kappa shape index (κ1) is 14.6. The van der Waals surface area contributed by atoms with E-state index < -0.39 is 0 Å². The predicted octanol–water partition coefficient (Wildman–Crippen LogP) is 1.08. The molecule has 0 fully saturated rings. The van der Waals surface area contributed by atoms with Gasteiger partial charge in [-0.15, -0.1) is 5.10 Å². The van der Waals surface area contributed by atoms with E-state index in [1.54, 1.807) is 6.92 Å². The Morgan fingerprint density at radius 1 is 1.50 bits per heavy atom. The molecular weight excluding hydrogens is 232 g/mol. The molecule has 0 radical (unpaired) electrons. The third-order valence-corrected chi connectivity index (χ3v) is 2.35. The maximum Gasteiger partial charge on any atom is 0.307 e. The number of nitrogens with one attached hydrogen (secondary N) is 1. The van der Waals surface area contributed by atoms with E-state index in [9.17, 15) is 4.79 Å². The van der Waals surface area contributed by atoms with Crippen LogP contribution in [0.2, 0.25) is 0 Å². The SMILES string of the molecule is CCOC(=O)CCNCc1cn(C(C)(C)C)nn1. The van der Waals surface area contributed by atoms with Crippen molar-refractivity contribution in [3.63, 3.8) is 0 Å². The minimum absolute atomic E-state index is 0.0593. The second kappa shape index (κ2) is 6.49. The van der Waals surface area contributed by atoms with Crippen LogP contribution < -0.4 is 5.32 Å². The average molecular weight is 254 g/mol. The van der Waals surface area contributed by atoms with Crippen LogP contribution >= 0.6 is 0 Å². The van der Waals surface area contributed by atoms with E-state index in [2.05, 4.69) is 36.4 Å². The zero-order valence-corrected chi connectivity index (χ0v) is 11.6. The Labute approximate surface area is 108 Å². The number of hydrogen-bond donors (Lipinski definition) is 1. The van der Waals surface area contributed by atoms with Crippen LogP contribution in [0, 0.1) is 0 Å². The molecule has 1 rings (SSSR count). The van der Waals surface area contributed by atoms with Crippen LogP contribution in [0.5, 0.6) is 0 Å². The highest BCUT2D eigenvalue weighted by Gasteiger charge is 2.14. The van der Waals surface area contributed by atoms with Gasteiger partial charge in [0.15, 0.2) is 0 Å². The highest BCUT2D eigenvalue weighted by atomic mass is 16.5. The molecule has 6 heteroatoms. The summed E-state index contributed by atoms with van der Waals surface area (Å²) in [7, 11) is 0. The lowest BCUT2D eigenvalue weighted by Gasteiger charge is -2.17. The van der Waals surface area contributed by atoms with E-state index in [1.807, 2.05) is 10.9 Å².